The summed E-state index contributed by atoms with van der Waals surface area (Å²) in [5.41, 5.74) is 1.70. The maximum atomic E-state index is 11.0. The van der Waals surface area contributed by atoms with Crippen LogP contribution in [0.2, 0.25) is 0 Å². The molecule has 0 radical (unpaired) electrons. The minimum absolute atomic E-state index is 0.474. The van der Waals surface area contributed by atoms with E-state index >= 15 is 0 Å². The van der Waals surface area contributed by atoms with Crippen molar-refractivity contribution in [1.82, 2.24) is 14.9 Å². The van der Waals surface area contributed by atoms with Crippen LogP contribution in [0.1, 0.15) is 0 Å². The fraction of sp³-hybridized carbons (Fsp3) is 0.333. The van der Waals surface area contributed by atoms with E-state index in [1.54, 1.807) is 0 Å². The third-order valence-corrected chi connectivity index (χ3v) is 8.29. The predicted octanol–water partition coefficient (Wildman–Crippen LogP) is 4.41. The van der Waals surface area contributed by atoms with Gasteiger partial charge in [-0.3, -0.25) is 0 Å². The molecule has 2 N–H and O–H groups in total. The molecule has 1 aromatic carbocycles. The Morgan fingerprint density at radius 2 is 1.59 bits per heavy atom. The highest BCUT2D eigenvalue weighted by molar-refractivity contribution is 9.15. The van der Waals surface area contributed by atoms with E-state index in [9.17, 15) is 4.79 Å². The zero-order chi connectivity index (χ0) is 16.0. The quantitative estimate of drug-likeness (QED) is 0.400. The van der Waals surface area contributed by atoms with Gasteiger partial charge in [-0.05, 0) is 63.7 Å². The van der Waals surface area contributed by atoms with Gasteiger partial charge in [0.1, 0.15) is 5.52 Å². The Labute approximate surface area is 159 Å². The average molecular weight is 562 g/mol. The molecule has 0 atom stereocenters. The lowest BCUT2D eigenvalue weighted by molar-refractivity contribution is 0.142. The number of hydrogen-bond acceptors (Lipinski definition) is 3. The molecular weight excluding hydrogens is 552 g/mol. The molecule has 1 aliphatic heterocycles. The number of hydrogen-bond donors (Lipinski definition) is 2. The number of carbonyl (C=O) groups is 1. The van der Waals surface area contributed by atoms with Crippen molar-refractivity contribution in [2.24, 2.45) is 0 Å². The van der Waals surface area contributed by atoms with Crippen LogP contribution in [-0.4, -0.2) is 52.2 Å². The Balaban J connectivity index is 1.95. The van der Waals surface area contributed by atoms with Crippen LogP contribution in [0.15, 0.2) is 17.9 Å². The number of nitrogens with zero attached hydrogens (tertiary/aromatic N) is 3. The number of benzene rings is 1. The Hall–Kier alpha value is -0.320. The topological polar surface area (TPSA) is 72.5 Å². The van der Waals surface area contributed by atoms with Gasteiger partial charge in [0.05, 0.1) is 14.5 Å². The normalized spacial score (nSPS) is 15.6. The number of nitrogens with one attached hydrogen (secondary N) is 1. The number of imidazole rings is 1. The van der Waals surface area contributed by atoms with E-state index in [0.29, 0.717) is 26.2 Å². The van der Waals surface area contributed by atoms with E-state index in [-0.39, 0.29) is 0 Å². The number of anilines is 1. The fourth-order valence-electron chi connectivity index (χ4n) is 2.34. The molecule has 1 aromatic heterocycles. The van der Waals surface area contributed by atoms with Crippen LogP contribution in [0.3, 0.4) is 0 Å². The lowest BCUT2D eigenvalue weighted by Crippen LogP contribution is -2.48. The summed E-state index contributed by atoms with van der Waals surface area (Å²) in [6.07, 6.45) is -0.873. The van der Waals surface area contributed by atoms with Crippen molar-refractivity contribution < 1.29 is 9.90 Å². The minimum Gasteiger partial charge on any atom is -0.465 e. The number of piperazine rings is 1. The van der Waals surface area contributed by atoms with Crippen LogP contribution < -0.4 is 4.90 Å². The number of halogens is 4. The van der Waals surface area contributed by atoms with Crippen LogP contribution in [-0.2, 0) is 0 Å². The van der Waals surface area contributed by atoms with Crippen LogP contribution in [0.5, 0.6) is 0 Å². The second-order valence-corrected chi connectivity index (χ2v) is 7.97. The number of H-pyrrole nitrogens is 1. The molecule has 2 heterocycles. The molecule has 118 valence electrons. The van der Waals surface area contributed by atoms with E-state index < -0.39 is 6.09 Å². The Morgan fingerprint density at radius 1 is 1.00 bits per heavy atom. The summed E-state index contributed by atoms with van der Waals surface area (Å²) in [4.78, 5) is 22.4. The molecule has 10 heteroatoms. The van der Waals surface area contributed by atoms with Crippen molar-refractivity contribution in [2.45, 2.75) is 0 Å². The summed E-state index contributed by atoms with van der Waals surface area (Å²) >= 11 is 14.1. The van der Waals surface area contributed by atoms with E-state index in [2.05, 4.69) is 78.6 Å². The SMILES string of the molecule is O=C(O)N1CCN(c2nc3c(Br)c(Br)c(Br)c(Br)c3[nH]2)CC1. The van der Waals surface area contributed by atoms with E-state index in [1.165, 1.54) is 4.90 Å². The molecule has 1 aliphatic rings. The van der Waals surface area contributed by atoms with Gasteiger partial charge in [-0.2, -0.15) is 0 Å². The summed E-state index contributed by atoms with van der Waals surface area (Å²) in [6, 6.07) is 0. The third kappa shape index (κ3) is 2.78. The molecule has 1 saturated heterocycles. The van der Waals surface area contributed by atoms with Crippen LogP contribution in [0.4, 0.5) is 10.7 Å². The van der Waals surface area contributed by atoms with Gasteiger partial charge in [0.25, 0.3) is 0 Å². The zero-order valence-electron chi connectivity index (χ0n) is 11.0. The molecule has 0 unspecified atom stereocenters. The van der Waals surface area contributed by atoms with Crippen LogP contribution in [0, 0.1) is 0 Å². The second kappa shape index (κ2) is 6.29. The lowest BCUT2D eigenvalue weighted by atomic mass is 10.3. The highest BCUT2D eigenvalue weighted by Crippen LogP contribution is 2.43. The Morgan fingerprint density at radius 3 is 2.18 bits per heavy atom. The van der Waals surface area contributed by atoms with Gasteiger partial charge < -0.3 is 19.9 Å². The highest BCUT2D eigenvalue weighted by atomic mass is 79.9. The maximum Gasteiger partial charge on any atom is 0.407 e. The fourth-order valence-corrected chi connectivity index (χ4v) is 4.63. The molecule has 0 bridgehead atoms. The van der Waals surface area contributed by atoms with E-state index in [0.717, 1.165) is 34.9 Å². The van der Waals surface area contributed by atoms with Crippen molar-refractivity contribution in [3.05, 3.63) is 17.9 Å². The van der Waals surface area contributed by atoms with Crippen LogP contribution in [0.25, 0.3) is 11.0 Å². The maximum absolute atomic E-state index is 11.0. The highest BCUT2D eigenvalue weighted by Gasteiger charge is 2.24. The molecule has 22 heavy (non-hydrogen) atoms. The first-order valence-electron chi connectivity index (χ1n) is 6.34. The molecule has 1 fully saturated rings. The molecule has 0 spiro atoms. The first-order chi connectivity index (χ1) is 10.4. The van der Waals surface area contributed by atoms with Gasteiger partial charge in [-0.25, -0.2) is 9.78 Å². The summed E-state index contributed by atoms with van der Waals surface area (Å²) in [5.74, 6) is 0.742. The van der Waals surface area contributed by atoms with Crippen molar-refractivity contribution in [2.75, 3.05) is 31.1 Å². The molecule has 3 rings (SSSR count). The summed E-state index contributed by atoms with van der Waals surface area (Å²) < 4.78 is 3.54. The largest absolute Gasteiger partial charge is 0.465 e. The lowest BCUT2D eigenvalue weighted by Gasteiger charge is -2.32. The van der Waals surface area contributed by atoms with Gasteiger partial charge in [0.2, 0.25) is 5.95 Å². The van der Waals surface area contributed by atoms with Crippen molar-refractivity contribution in [3.63, 3.8) is 0 Å². The molecule has 1 amide bonds. The van der Waals surface area contributed by atoms with E-state index in [4.69, 9.17) is 5.11 Å². The van der Waals surface area contributed by atoms with Gasteiger partial charge in [0.15, 0.2) is 0 Å². The van der Waals surface area contributed by atoms with E-state index in [1.807, 2.05) is 0 Å². The molecular formula is C12H10Br4N4O2. The van der Waals surface area contributed by atoms with Gasteiger partial charge in [-0.15, -0.1) is 0 Å². The summed E-state index contributed by atoms with van der Waals surface area (Å²) in [5, 5.41) is 9.00. The first-order valence-corrected chi connectivity index (χ1v) is 9.51. The second-order valence-electron chi connectivity index (χ2n) is 4.80. The average Bonchev–Trinajstić information content (AvgIpc) is 2.96. The first kappa shape index (κ1) is 16.5. The number of rotatable bonds is 1. The summed E-state index contributed by atoms with van der Waals surface area (Å²) in [7, 11) is 0. The molecule has 0 saturated carbocycles. The minimum atomic E-state index is -0.873. The molecule has 0 aliphatic carbocycles. The number of aromatic nitrogens is 2. The standard InChI is InChI=1S/C12H10Br4N4O2/c13-5-6(14)8(16)10-9(7(5)15)17-11(18-10)19-1-3-20(4-2-19)12(21)22/h1-4H2,(H,17,18)(H,21,22). The van der Waals surface area contributed by atoms with Crippen molar-refractivity contribution in [1.29, 1.82) is 0 Å². The van der Waals surface area contributed by atoms with Crippen molar-refractivity contribution >= 4 is 86.8 Å². The smallest absolute Gasteiger partial charge is 0.407 e. The Bertz CT molecular complexity index is 710. The number of aromatic amines is 1. The monoisotopic (exact) mass is 558 g/mol. The van der Waals surface area contributed by atoms with Gasteiger partial charge in [-0.1, -0.05) is 0 Å². The third-order valence-electron chi connectivity index (χ3n) is 3.55. The molecule has 6 nitrogen and oxygen atoms in total. The number of fused-ring (bicyclic) bond motifs is 1. The van der Waals surface area contributed by atoms with Gasteiger partial charge in [0, 0.05) is 35.1 Å². The van der Waals surface area contributed by atoms with Crippen LogP contribution >= 0.6 is 63.7 Å². The Kier molecular flexibility index (Phi) is 4.73. The van der Waals surface area contributed by atoms with Gasteiger partial charge >= 0.3 is 6.09 Å². The molecule has 2 aromatic rings. The number of carboxylic acid groups (broad SMARTS) is 1. The predicted molar refractivity (Wildman–Crippen MR) is 98.7 cm³/mol. The summed E-state index contributed by atoms with van der Waals surface area (Å²) in [6.45, 7) is 2.18. The number of amides is 1. The zero-order valence-corrected chi connectivity index (χ0v) is 17.4. The van der Waals surface area contributed by atoms with Crippen molar-refractivity contribution in [3.8, 4) is 0 Å².